The molecule has 140 valence electrons. The van der Waals surface area contributed by atoms with Crippen molar-refractivity contribution in [1.82, 2.24) is 15.0 Å². The second-order valence-electron chi connectivity index (χ2n) is 6.45. The predicted molar refractivity (Wildman–Crippen MR) is 102 cm³/mol. The number of hydrogen-bond donors (Lipinski definition) is 1. The van der Waals surface area contributed by atoms with E-state index in [4.69, 9.17) is 9.47 Å². The molecule has 2 aromatic rings. The van der Waals surface area contributed by atoms with Crippen LogP contribution >= 0.6 is 0 Å². The van der Waals surface area contributed by atoms with Gasteiger partial charge in [-0.1, -0.05) is 37.1 Å². The monoisotopic (exact) mass is 357 g/mol. The van der Waals surface area contributed by atoms with Gasteiger partial charge in [-0.2, -0.15) is 15.0 Å². The Labute approximate surface area is 154 Å². The first kappa shape index (κ1) is 18.4. The van der Waals surface area contributed by atoms with E-state index in [1.807, 2.05) is 0 Å². The second-order valence-corrected chi connectivity index (χ2v) is 6.45. The number of anilines is 2. The van der Waals surface area contributed by atoms with E-state index < -0.39 is 0 Å². The van der Waals surface area contributed by atoms with Crippen LogP contribution in [0.15, 0.2) is 24.3 Å². The van der Waals surface area contributed by atoms with Crippen molar-refractivity contribution in [2.24, 2.45) is 0 Å². The van der Waals surface area contributed by atoms with E-state index in [2.05, 4.69) is 49.4 Å². The molecule has 0 saturated carbocycles. The first-order valence-electron chi connectivity index (χ1n) is 9.14. The third-order valence-corrected chi connectivity index (χ3v) is 4.46. The van der Waals surface area contributed by atoms with E-state index >= 15 is 0 Å². The topological polar surface area (TPSA) is 72.4 Å². The van der Waals surface area contributed by atoms with Crippen LogP contribution in [0.2, 0.25) is 0 Å². The molecule has 1 N–H and O–H groups in total. The zero-order valence-electron chi connectivity index (χ0n) is 15.6. The summed E-state index contributed by atoms with van der Waals surface area (Å²) < 4.78 is 10.4. The van der Waals surface area contributed by atoms with Crippen LogP contribution < -0.4 is 15.0 Å². The first-order valence-corrected chi connectivity index (χ1v) is 9.14. The van der Waals surface area contributed by atoms with E-state index in [1.54, 1.807) is 14.2 Å². The molecule has 1 saturated heterocycles. The number of nitrogens with one attached hydrogen (secondary N) is 1. The van der Waals surface area contributed by atoms with Gasteiger partial charge in [0, 0.05) is 26.7 Å². The van der Waals surface area contributed by atoms with Gasteiger partial charge in [0.15, 0.2) is 0 Å². The summed E-state index contributed by atoms with van der Waals surface area (Å²) in [5, 5.41) is 3.28. The predicted octanol–water partition coefficient (Wildman–Crippen LogP) is 3.02. The van der Waals surface area contributed by atoms with Crippen LogP contribution in [0.5, 0.6) is 6.01 Å². The Kier molecular flexibility index (Phi) is 6.60. The minimum absolute atomic E-state index is 0.345. The van der Waals surface area contributed by atoms with Gasteiger partial charge in [0.2, 0.25) is 11.9 Å². The summed E-state index contributed by atoms with van der Waals surface area (Å²) in [5.41, 5.74) is 2.31. The molecule has 7 nitrogen and oxygen atoms in total. The molecule has 0 atom stereocenters. The second kappa shape index (κ2) is 9.33. The molecule has 1 aromatic carbocycles. The number of nitrogens with zero attached hydrogens (tertiary/aromatic N) is 4. The molecular formula is C19H27N5O2. The quantitative estimate of drug-likeness (QED) is 0.816. The molecule has 0 spiro atoms. The van der Waals surface area contributed by atoms with Crippen molar-refractivity contribution in [1.29, 1.82) is 0 Å². The molecule has 7 heteroatoms. The highest BCUT2D eigenvalue weighted by Crippen LogP contribution is 2.19. The number of rotatable bonds is 7. The molecule has 2 heterocycles. The van der Waals surface area contributed by atoms with Gasteiger partial charge < -0.3 is 19.7 Å². The summed E-state index contributed by atoms with van der Waals surface area (Å²) in [6.07, 6.45) is 4.88. The first-order chi connectivity index (χ1) is 12.8. The van der Waals surface area contributed by atoms with Gasteiger partial charge in [-0.25, -0.2) is 0 Å². The van der Waals surface area contributed by atoms with Crippen molar-refractivity contribution in [2.45, 2.75) is 38.8 Å². The third kappa shape index (κ3) is 5.05. The highest BCUT2D eigenvalue weighted by atomic mass is 16.5. The summed E-state index contributed by atoms with van der Waals surface area (Å²) in [7, 11) is 3.28. The fourth-order valence-corrected chi connectivity index (χ4v) is 3.03. The molecule has 1 aromatic heterocycles. The summed E-state index contributed by atoms with van der Waals surface area (Å²) in [6, 6.07) is 8.64. The average Bonchev–Trinajstić information content (AvgIpc) is 2.97. The Hall–Kier alpha value is -2.41. The normalized spacial score (nSPS) is 14.8. The fourth-order valence-electron chi connectivity index (χ4n) is 3.03. The Morgan fingerprint density at radius 3 is 2.27 bits per heavy atom. The number of methoxy groups -OCH3 is 2. The highest BCUT2D eigenvalue weighted by Gasteiger charge is 2.15. The largest absolute Gasteiger partial charge is 0.467 e. The zero-order chi connectivity index (χ0) is 18.2. The summed E-state index contributed by atoms with van der Waals surface area (Å²) in [6.45, 7) is 3.22. The summed E-state index contributed by atoms with van der Waals surface area (Å²) >= 11 is 0. The lowest BCUT2D eigenvalue weighted by Gasteiger charge is -2.20. The van der Waals surface area contributed by atoms with Crippen molar-refractivity contribution in [2.75, 3.05) is 37.5 Å². The van der Waals surface area contributed by atoms with Gasteiger partial charge in [-0.15, -0.1) is 0 Å². The van der Waals surface area contributed by atoms with Gasteiger partial charge in [0.1, 0.15) is 0 Å². The molecule has 0 amide bonds. The maximum Gasteiger partial charge on any atom is 0.322 e. The molecule has 0 unspecified atom stereocenters. The van der Waals surface area contributed by atoms with Crippen LogP contribution in [0.3, 0.4) is 0 Å². The van der Waals surface area contributed by atoms with Crippen molar-refractivity contribution in [3.8, 4) is 6.01 Å². The summed E-state index contributed by atoms with van der Waals surface area (Å²) in [5.74, 6) is 1.23. The Bertz CT molecular complexity index is 685. The van der Waals surface area contributed by atoms with E-state index in [9.17, 15) is 0 Å². The van der Waals surface area contributed by atoms with Crippen LogP contribution in [0, 0.1) is 0 Å². The van der Waals surface area contributed by atoms with Crippen molar-refractivity contribution in [3.63, 3.8) is 0 Å². The van der Waals surface area contributed by atoms with Crippen LogP contribution in [0.4, 0.5) is 11.9 Å². The molecule has 0 aliphatic carbocycles. The maximum absolute atomic E-state index is 5.27. The smallest absolute Gasteiger partial charge is 0.322 e. The van der Waals surface area contributed by atoms with Crippen LogP contribution in [0.1, 0.15) is 36.8 Å². The maximum atomic E-state index is 5.27. The third-order valence-electron chi connectivity index (χ3n) is 4.46. The standard InChI is InChI=1S/C19H27N5O2/c1-25-14-16-9-7-15(8-10-16)13-20-17-21-18(23-19(22-17)26-2)24-11-5-3-4-6-12-24/h7-10H,3-6,11-14H2,1-2H3,(H,20,21,22,23). The number of benzene rings is 1. The molecule has 0 bridgehead atoms. The Balaban J connectivity index is 1.69. The average molecular weight is 357 g/mol. The Morgan fingerprint density at radius 2 is 1.62 bits per heavy atom. The SMILES string of the molecule is COCc1ccc(CNc2nc(OC)nc(N3CCCCCC3)n2)cc1. The van der Waals surface area contributed by atoms with Gasteiger partial charge in [0.25, 0.3) is 0 Å². The van der Waals surface area contributed by atoms with Gasteiger partial charge >= 0.3 is 6.01 Å². The van der Waals surface area contributed by atoms with Crippen LogP contribution in [0.25, 0.3) is 0 Å². The van der Waals surface area contributed by atoms with Crippen LogP contribution in [-0.4, -0.2) is 42.3 Å². The number of ether oxygens (including phenoxy) is 2. The Morgan fingerprint density at radius 1 is 0.923 bits per heavy atom. The highest BCUT2D eigenvalue weighted by molar-refractivity contribution is 5.39. The lowest BCUT2D eigenvalue weighted by Crippen LogP contribution is -2.26. The number of aromatic nitrogens is 3. The molecule has 0 radical (unpaired) electrons. The van der Waals surface area contributed by atoms with E-state index in [0.717, 1.165) is 24.2 Å². The van der Waals surface area contributed by atoms with Gasteiger partial charge in [0.05, 0.1) is 13.7 Å². The van der Waals surface area contributed by atoms with E-state index in [1.165, 1.54) is 25.7 Å². The van der Waals surface area contributed by atoms with Gasteiger partial charge in [-0.05, 0) is 24.0 Å². The molecule has 26 heavy (non-hydrogen) atoms. The van der Waals surface area contributed by atoms with Crippen molar-refractivity contribution in [3.05, 3.63) is 35.4 Å². The van der Waals surface area contributed by atoms with Crippen LogP contribution in [-0.2, 0) is 17.9 Å². The van der Waals surface area contributed by atoms with E-state index in [0.29, 0.717) is 31.1 Å². The molecule has 1 fully saturated rings. The lowest BCUT2D eigenvalue weighted by atomic mass is 10.1. The molecule has 1 aliphatic heterocycles. The minimum Gasteiger partial charge on any atom is -0.467 e. The van der Waals surface area contributed by atoms with E-state index in [-0.39, 0.29) is 0 Å². The van der Waals surface area contributed by atoms with Gasteiger partial charge in [-0.3, -0.25) is 0 Å². The molecule has 3 rings (SSSR count). The van der Waals surface area contributed by atoms with Crippen molar-refractivity contribution >= 4 is 11.9 Å². The summed E-state index contributed by atoms with van der Waals surface area (Å²) in [4.78, 5) is 15.6. The fraction of sp³-hybridized carbons (Fsp3) is 0.526. The zero-order valence-corrected chi connectivity index (χ0v) is 15.6. The number of hydrogen-bond acceptors (Lipinski definition) is 7. The lowest BCUT2D eigenvalue weighted by molar-refractivity contribution is 0.185. The molecule has 1 aliphatic rings. The van der Waals surface area contributed by atoms with Crippen molar-refractivity contribution < 1.29 is 9.47 Å². The molecular weight excluding hydrogens is 330 g/mol. The minimum atomic E-state index is 0.345.